The minimum atomic E-state index is -0.998. The van der Waals surface area contributed by atoms with Gasteiger partial charge in [-0.15, -0.1) is 0 Å². The van der Waals surface area contributed by atoms with E-state index in [0.717, 1.165) is 15.7 Å². The van der Waals surface area contributed by atoms with E-state index in [1.54, 1.807) is 6.07 Å². The first-order valence-corrected chi connectivity index (χ1v) is 9.28. The van der Waals surface area contributed by atoms with E-state index in [4.69, 9.17) is 33.3 Å². The zero-order valence-corrected chi connectivity index (χ0v) is 16.8. The summed E-state index contributed by atoms with van der Waals surface area (Å²) in [4.78, 5) is 11.6. The van der Waals surface area contributed by atoms with Gasteiger partial charge >= 0.3 is 5.97 Å². The molecule has 136 valence electrons. The van der Waals surface area contributed by atoms with Crippen LogP contribution < -0.4 is 10.1 Å². The molecule has 8 heteroatoms. The second-order valence-electron chi connectivity index (χ2n) is 5.69. The zero-order chi connectivity index (χ0) is 18.8. The number of hydrogen-bond donors (Lipinski definition) is 2. The molecule has 0 fully saturated rings. The maximum absolute atomic E-state index is 11.2. The second-order valence-corrected chi connectivity index (χ2v) is 7.42. The van der Waals surface area contributed by atoms with Crippen molar-refractivity contribution in [3.8, 4) is 5.75 Å². The van der Waals surface area contributed by atoms with Crippen LogP contribution in [0, 0.1) is 0 Å². The number of fused-ring (bicyclic) bond motifs is 1. The van der Waals surface area contributed by atoms with E-state index in [9.17, 15) is 9.90 Å². The van der Waals surface area contributed by atoms with Gasteiger partial charge in [0, 0.05) is 21.3 Å². The lowest BCUT2D eigenvalue weighted by Crippen LogP contribution is -2.30. The molecular formula is C18H15BrClNO4S. The van der Waals surface area contributed by atoms with Gasteiger partial charge in [-0.25, -0.2) is 0 Å². The number of carboxylic acid groups (broad SMARTS) is 1. The first-order chi connectivity index (χ1) is 12.4. The van der Waals surface area contributed by atoms with Gasteiger partial charge < -0.3 is 19.9 Å². The van der Waals surface area contributed by atoms with E-state index in [-0.39, 0.29) is 6.42 Å². The molecule has 2 aromatic carbocycles. The number of thiocarbonyl (C=S) groups is 1. The fraction of sp³-hybridized carbons (Fsp3) is 0.222. The fourth-order valence-corrected chi connectivity index (χ4v) is 3.73. The summed E-state index contributed by atoms with van der Waals surface area (Å²) in [6.07, 6.45) is -1.65. The average molecular weight is 457 g/mol. The van der Waals surface area contributed by atoms with E-state index in [2.05, 4.69) is 21.2 Å². The average Bonchev–Trinajstić information content (AvgIpc) is 2.72. The number of hydrogen-bond acceptors (Lipinski definition) is 4. The molecule has 0 spiro atoms. The summed E-state index contributed by atoms with van der Waals surface area (Å²) in [7, 11) is 1.54. The molecule has 0 aromatic heterocycles. The second kappa shape index (κ2) is 7.92. The van der Waals surface area contributed by atoms with Crippen LogP contribution in [-0.2, 0) is 9.53 Å². The SMILES string of the molecule is COc1cccc([C@@H]2O[C@@H](CC(=O)O)C(=S)Nc3ccc(Br)cc32)c1Cl. The van der Waals surface area contributed by atoms with Crippen LogP contribution in [0.4, 0.5) is 5.69 Å². The van der Waals surface area contributed by atoms with Crippen molar-refractivity contribution in [2.75, 3.05) is 12.4 Å². The molecule has 0 aliphatic carbocycles. The number of halogens is 2. The van der Waals surface area contributed by atoms with Gasteiger partial charge in [-0.3, -0.25) is 4.79 Å². The van der Waals surface area contributed by atoms with Gasteiger partial charge in [-0.1, -0.05) is 51.9 Å². The predicted octanol–water partition coefficient (Wildman–Crippen LogP) is 4.81. The van der Waals surface area contributed by atoms with E-state index in [1.807, 2.05) is 30.3 Å². The van der Waals surface area contributed by atoms with E-state index < -0.39 is 18.2 Å². The summed E-state index contributed by atoms with van der Waals surface area (Å²) in [5.41, 5.74) is 2.21. The van der Waals surface area contributed by atoms with Crippen molar-refractivity contribution in [3.05, 3.63) is 57.0 Å². The van der Waals surface area contributed by atoms with Crippen LogP contribution in [0.3, 0.4) is 0 Å². The highest BCUT2D eigenvalue weighted by atomic mass is 79.9. The van der Waals surface area contributed by atoms with Crippen molar-refractivity contribution in [3.63, 3.8) is 0 Å². The summed E-state index contributed by atoms with van der Waals surface area (Å²) in [5, 5.41) is 12.7. The number of ether oxygens (including phenoxy) is 2. The van der Waals surface area contributed by atoms with Crippen molar-refractivity contribution in [2.24, 2.45) is 0 Å². The topological polar surface area (TPSA) is 67.8 Å². The third kappa shape index (κ3) is 3.86. The highest BCUT2D eigenvalue weighted by Crippen LogP contribution is 2.42. The molecule has 1 heterocycles. The molecule has 0 unspecified atom stereocenters. The monoisotopic (exact) mass is 455 g/mol. The Labute approximate surface area is 169 Å². The Morgan fingerprint density at radius 1 is 1.38 bits per heavy atom. The van der Waals surface area contributed by atoms with Gasteiger partial charge in [0.15, 0.2) is 0 Å². The van der Waals surface area contributed by atoms with Gasteiger partial charge in [0.2, 0.25) is 0 Å². The predicted molar refractivity (Wildman–Crippen MR) is 107 cm³/mol. The number of rotatable bonds is 4. The van der Waals surface area contributed by atoms with E-state index in [1.165, 1.54) is 7.11 Å². The van der Waals surface area contributed by atoms with Gasteiger partial charge in [-0.05, 0) is 24.3 Å². The molecule has 1 aliphatic heterocycles. The van der Waals surface area contributed by atoms with Gasteiger partial charge in [0.25, 0.3) is 0 Å². The molecule has 0 amide bonds. The molecule has 5 nitrogen and oxygen atoms in total. The quantitative estimate of drug-likeness (QED) is 0.643. The molecule has 0 bridgehead atoms. The maximum atomic E-state index is 11.2. The lowest BCUT2D eigenvalue weighted by Gasteiger charge is -2.23. The third-order valence-corrected chi connectivity index (χ3v) is 5.26. The molecule has 26 heavy (non-hydrogen) atoms. The van der Waals surface area contributed by atoms with Crippen LogP contribution in [-0.4, -0.2) is 29.3 Å². The zero-order valence-electron chi connectivity index (χ0n) is 13.7. The number of carbonyl (C=O) groups is 1. The highest BCUT2D eigenvalue weighted by Gasteiger charge is 2.32. The Morgan fingerprint density at radius 2 is 2.15 bits per heavy atom. The number of anilines is 1. The van der Waals surface area contributed by atoms with Crippen LogP contribution in [0.5, 0.6) is 5.75 Å². The molecule has 2 aromatic rings. The lowest BCUT2D eigenvalue weighted by molar-refractivity contribution is -0.139. The normalized spacial score (nSPS) is 19.3. The van der Waals surface area contributed by atoms with Crippen LogP contribution in [0.2, 0.25) is 5.02 Å². The number of aliphatic carboxylic acids is 1. The summed E-state index contributed by atoms with van der Waals surface area (Å²) in [6, 6.07) is 11.0. The number of benzene rings is 2. The lowest BCUT2D eigenvalue weighted by atomic mass is 9.99. The van der Waals surface area contributed by atoms with Crippen molar-refractivity contribution >= 4 is 56.4 Å². The van der Waals surface area contributed by atoms with Crippen molar-refractivity contribution in [1.29, 1.82) is 0 Å². The van der Waals surface area contributed by atoms with Gasteiger partial charge in [-0.2, -0.15) is 0 Å². The summed E-state index contributed by atoms with van der Waals surface area (Å²) in [5.74, 6) is -0.486. The third-order valence-electron chi connectivity index (χ3n) is 4.00. The summed E-state index contributed by atoms with van der Waals surface area (Å²) >= 11 is 15.3. The molecule has 0 radical (unpaired) electrons. The maximum Gasteiger partial charge on any atom is 0.306 e. The van der Waals surface area contributed by atoms with Crippen LogP contribution >= 0.6 is 39.7 Å². The Morgan fingerprint density at radius 3 is 2.85 bits per heavy atom. The minimum absolute atomic E-state index is 0.251. The number of nitrogens with one attached hydrogen (secondary N) is 1. The van der Waals surface area contributed by atoms with E-state index >= 15 is 0 Å². The van der Waals surface area contributed by atoms with Crippen LogP contribution in [0.15, 0.2) is 40.9 Å². The van der Waals surface area contributed by atoms with E-state index in [0.29, 0.717) is 21.3 Å². The minimum Gasteiger partial charge on any atom is -0.495 e. The van der Waals surface area contributed by atoms with Gasteiger partial charge in [0.1, 0.15) is 22.9 Å². The molecular weight excluding hydrogens is 442 g/mol. The number of carboxylic acids is 1. The summed E-state index contributed by atoms with van der Waals surface area (Å²) in [6.45, 7) is 0. The molecule has 0 saturated carbocycles. The highest BCUT2D eigenvalue weighted by molar-refractivity contribution is 9.10. The Bertz CT molecular complexity index is 876. The largest absolute Gasteiger partial charge is 0.495 e. The molecule has 2 atom stereocenters. The Balaban J connectivity index is 2.15. The Kier molecular flexibility index (Phi) is 5.82. The molecule has 0 saturated heterocycles. The smallest absolute Gasteiger partial charge is 0.306 e. The Hall–Kier alpha value is -1.67. The molecule has 1 aliphatic rings. The first kappa shape index (κ1) is 19.1. The van der Waals surface area contributed by atoms with Gasteiger partial charge in [0.05, 0.1) is 18.6 Å². The fourth-order valence-electron chi connectivity index (χ4n) is 2.81. The first-order valence-electron chi connectivity index (χ1n) is 7.70. The summed E-state index contributed by atoms with van der Waals surface area (Å²) < 4.78 is 12.3. The number of methoxy groups -OCH3 is 1. The van der Waals surface area contributed by atoms with Crippen molar-refractivity contribution in [1.82, 2.24) is 0 Å². The standard InChI is InChI=1S/C18H15BrClNO4S/c1-24-13-4-2-3-10(16(13)20)17-11-7-9(19)5-6-12(11)21-18(26)14(25-17)8-15(22)23/h2-7,14,17H,8H2,1H3,(H,21,26)(H,22,23)/t14-,17-/m0/s1. The van der Waals surface area contributed by atoms with Crippen LogP contribution in [0.1, 0.15) is 23.7 Å². The molecule has 2 N–H and O–H groups in total. The van der Waals surface area contributed by atoms with Crippen LogP contribution in [0.25, 0.3) is 0 Å². The van der Waals surface area contributed by atoms with Crippen molar-refractivity contribution in [2.45, 2.75) is 18.6 Å². The van der Waals surface area contributed by atoms with Crippen molar-refractivity contribution < 1.29 is 19.4 Å². The molecule has 3 rings (SSSR count).